The van der Waals surface area contributed by atoms with Gasteiger partial charge in [0.15, 0.2) is 17.9 Å². The van der Waals surface area contributed by atoms with Crippen LogP contribution in [0.25, 0.3) is 10.7 Å². The van der Waals surface area contributed by atoms with Crippen LogP contribution in [0.1, 0.15) is 32.5 Å². The summed E-state index contributed by atoms with van der Waals surface area (Å²) in [5, 5.41) is 20.6. The van der Waals surface area contributed by atoms with E-state index in [1.165, 1.54) is 55.2 Å². The molecule has 0 aliphatic carbocycles. The van der Waals surface area contributed by atoms with E-state index in [0.29, 0.717) is 15.6 Å². The van der Waals surface area contributed by atoms with E-state index in [-0.39, 0.29) is 22.5 Å². The maximum absolute atomic E-state index is 12.3. The maximum atomic E-state index is 12.3. The summed E-state index contributed by atoms with van der Waals surface area (Å²) in [6, 6.07) is 2.48. The van der Waals surface area contributed by atoms with Gasteiger partial charge in [0.05, 0.1) is 11.2 Å². The molecule has 3 aromatic rings. The molecule has 210 valence electrons. The number of ether oxygens (including phenoxy) is 4. The van der Waals surface area contributed by atoms with Crippen molar-refractivity contribution in [2.24, 2.45) is 0 Å². The van der Waals surface area contributed by atoms with Crippen LogP contribution >= 0.6 is 46.3 Å². The van der Waals surface area contributed by atoms with Crippen LogP contribution in [0.5, 0.6) is 0 Å². The standard InChI is InChI=1S/C23H20Cl2N6O7S2/c1-10(32)35-8-16-20(36-11(2)33)19(31-7-15(29-30-31)22-28-18(25)9-39-22)21(37-12(3)34)23(38-16)40-17-4-13(24)6-27-14(17)5-26/h4,6-7,9,16,19-21,23H,8H2,1-3H3. The molecule has 0 spiro atoms. The number of thiazole rings is 1. The smallest absolute Gasteiger partial charge is 0.303 e. The van der Waals surface area contributed by atoms with Crippen molar-refractivity contribution in [2.45, 2.75) is 55.5 Å². The molecule has 1 saturated heterocycles. The molecule has 13 nitrogen and oxygen atoms in total. The summed E-state index contributed by atoms with van der Waals surface area (Å²) < 4.78 is 24.1. The predicted octanol–water partition coefficient (Wildman–Crippen LogP) is 3.46. The SMILES string of the molecule is CC(=O)OCC1OC(Sc2cc(Cl)cnc2C#N)C(OC(C)=O)C(n2cc(-c3nc(Cl)cs3)nn2)C1OC(C)=O. The Kier molecular flexibility index (Phi) is 9.59. The predicted molar refractivity (Wildman–Crippen MR) is 141 cm³/mol. The highest BCUT2D eigenvalue weighted by Crippen LogP contribution is 2.42. The van der Waals surface area contributed by atoms with Gasteiger partial charge in [-0.1, -0.05) is 40.2 Å². The van der Waals surface area contributed by atoms with E-state index in [2.05, 4.69) is 20.3 Å². The molecule has 4 rings (SSSR count). The lowest BCUT2D eigenvalue weighted by Gasteiger charge is -2.44. The van der Waals surface area contributed by atoms with Crippen molar-refractivity contribution < 1.29 is 33.3 Å². The number of rotatable bonds is 8. The number of thioether (sulfide) groups is 1. The molecule has 1 fully saturated rings. The van der Waals surface area contributed by atoms with Gasteiger partial charge in [0.1, 0.15) is 46.1 Å². The molecular weight excluding hydrogens is 607 g/mol. The van der Waals surface area contributed by atoms with E-state index in [1.807, 2.05) is 6.07 Å². The summed E-state index contributed by atoms with van der Waals surface area (Å²) >= 11 is 14.3. The average Bonchev–Trinajstić information content (AvgIpc) is 3.53. The zero-order chi connectivity index (χ0) is 29.0. The number of halogens is 2. The Morgan fingerprint density at radius 1 is 1.18 bits per heavy atom. The number of nitrogens with zero attached hydrogens (tertiary/aromatic N) is 6. The van der Waals surface area contributed by atoms with Crippen molar-refractivity contribution in [1.29, 1.82) is 5.26 Å². The van der Waals surface area contributed by atoms with Gasteiger partial charge in [0.2, 0.25) is 0 Å². The second-order valence-electron chi connectivity index (χ2n) is 8.27. The van der Waals surface area contributed by atoms with E-state index >= 15 is 0 Å². The van der Waals surface area contributed by atoms with Crippen LogP contribution in [0.3, 0.4) is 0 Å². The van der Waals surface area contributed by atoms with Crippen LogP contribution in [0.4, 0.5) is 0 Å². The van der Waals surface area contributed by atoms with E-state index in [4.69, 9.17) is 42.1 Å². The Bertz CT molecular complexity index is 1460. The minimum Gasteiger partial charge on any atom is -0.463 e. The average molecular weight is 627 g/mol. The van der Waals surface area contributed by atoms with Crippen molar-refractivity contribution in [2.75, 3.05) is 6.61 Å². The van der Waals surface area contributed by atoms with Crippen LogP contribution in [0.15, 0.2) is 28.7 Å². The Balaban J connectivity index is 1.82. The van der Waals surface area contributed by atoms with E-state index in [0.717, 1.165) is 11.8 Å². The molecule has 0 amide bonds. The molecule has 0 saturated carbocycles. The number of carbonyl (C=O) groups is 3. The van der Waals surface area contributed by atoms with Crippen LogP contribution < -0.4 is 0 Å². The largest absolute Gasteiger partial charge is 0.463 e. The lowest BCUT2D eigenvalue weighted by Crippen LogP contribution is -2.57. The highest BCUT2D eigenvalue weighted by atomic mass is 35.5. The maximum Gasteiger partial charge on any atom is 0.303 e. The topological polar surface area (TPSA) is 168 Å². The van der Waals surface area contributed by atoms with Gasteiger partial charge in [-0.2, -0.15) is 5.26 Å². The molecule has 1 aliphatic heterocycles. The van der Waals surface area contributed by atoms with Crippen LogP contribution in [0, 0.1) is 11.3 Å². The highest BCUT2D eigenvalue weighted by molar-refractivity contribution is 7.99. The fraction of sp³-hybridized carbons (Fsp3) is 0.391. The molecule has 0 aromatic carbocycles. The fourth-order valence-corrected chi connectivity index (χ4v) is 6.21. The Hall–Kier alpha value is -3.29. The number of esters is 3. The molecule has 0 N–H and O–H groups in total. The third-order valence-corrected chi connectivity index (χ3v) is 7.92. The third-order valence-electron chi connectivity index (χ3n) is 5.35. The molecule has 0 radical (unpaired) electrons. The fourth-order valence-electron chi connectivity index (χ4n) is 3.89. The molecule has 5 unspecified atom stereocenters. The molecule has 40 heavy (non-hydrogen) atoms. The zero-order valence-corrected chi connectivity index (χ0v) is 24.2. The van der Waals surface area contributed by atoms with E-state index in [9.17, 15) is 19.6 Å². The third kappa shape index (κ3) is 7.07. The summed E-state index contributed by atoms with van der Waals surface area (Å²) in [5.74, 6) is -1.93. The van der Waals surface area contributed by atoms with Gasteiger partial charge in [0, 0.05) is 37.2 Å². The van der Waals surface area contributed by atoms with Gasteiger partial charge in [-0.05, 0) is 6.07 Å². The lowest BCUT2D eigenvalue weighted by atomic mass is 9.96. The first kappa shape index (κ1) is 29.7. The minimum atomic E-state index is -1.15. The van der Waals surface area contributed by atoms with E-state index < -0.39 is 47.7 Å². The molecule has 5 atom stereocenters. The van der Waals surface area contributed by atoms with Crippen LogP contribution in [-0.4, -0.2) is 73.2 Å². The normalized spacial score (nSPS) is 22.2. The van der Waals surface area contributed by atoms with Crippen molar-refractivity contribution in [3.8, 4) is 16.8 Å². The molecule has 0 bridgehead atoms. The monoisotopic (exact) mass is 626 g/mol. The van der Waals surface area contributed by atoms with Gasteiger partial charge in [0.25, 0.3) is 0 Å². The van der Waals surface area contributed by atoms with Crippen molar-refractivity contribution in [3.63, 3.8) is 0 Å². The minimum absolute atomic E-state index is 0.0541. The van der Waals surface area contributed by atoms with Crippen LogP contribution in [0.2, 0.25) is 10.2 Å². The van der Waals surface area contributed by atoms with E-state index in [1.54, 1.807) is 5.38 Å². The first-order chi connectivity index (χ1) is 19.0. The molecule has 1 aliphatic rings. The second kappa shape index (κ2) is 12.9. The Morgan fingerprint density at radius 3 is 2.52 bits per heavy atom. The Labute approximate surface area is 245 Å². The number of aromatic nitrogens is 5. The van der Waals surface area contributed by atoms with Gasteiger partial charge in [-0.15, -0.1) is 16.4 Å². The first-order valence-electron chi connectivity index (χ1n) is 11.4. The van der Waals surface area contributed by atoms with Crippen LogP contribution in [-0.2, 0) is 33.3 Å². The molecule has 17 heteroatoms. The van der Waals surface area contributed by atoms with Gasteiger partial charge in [-0.3, -0.25) is 14.4 Å². The summed E-state index contributed by atoms with van der Waals surface area (Å²) in [4.78, 5) is 44.7. The van der Waals surface area contributed by atoms with Gasteiger partial charge in [-0.25, -0.2) is 14.6 Å². The van der Waals surface area contributed by atoms with Gasteiger partial charge < -0.3 is 18.9 Å². The Morgan fingerprint density at radius 2 is 1.90 bits per heavy atom. The summed E-state index contributed by atoms with van der Waals surface area (Å²) in [6.45, 7) is 3.31. The second-order valence-corrected chi connectivity index (χ2v) is 11.1. The quantitative estimate of drug-likeness (QED) is 0.263. The highest BCUT2D eigenvalue weighted by Gasteiger charge is 2.52. The number of hydrogen-bond acceptors (Lipinski definition) is 14. The summed E-state index contributed by atoms with van der Waals surface area (Å²) in [7, 11) is 0. The zero-order valence-electron chi connectivity index (χ0n) is 21.0. The molecule has 4 heterocycles. The molecule has 3 aromatic heterocycles. The summed E-state index contributed by atoms with van der Waals surface area (Å²) in [5.41, 5.74) is -0.618. The number of carbonyl (C=O) groups excluding carboxylic acids is 3. The number of hydrogen-bond donors (Lipinski definition) is 0. The molecular formula is C23H20Cl2N6O7S2. The van der Waals surface area contributed by atoms with Gasteiger partial charge >= 0.3 is 17.9 Å². The summed E-state index contributed by atoms with van der Waals surface area (Å²) in [6.07, 6.45) is -0.493. The van der Waals surface area contributed by atoms with Crippen molar-refractivity contribution in [1.82, 2.24) is 25.0 Å². The van der Waals surface area contributed by atoms with Crippen molar-refractivity contribution in [3.05, 3.63) is 39.7 Å². The first-order valence-corrected chi connectivity index (χ1v) is 14.0. The number of pyridine rings is 1. The number of nitriles is 1. The van der Waals surface area contributed by atoms with Crippen molar-refractivity contribution >= 4 is 64.2 Å². The lowest BCUT2D eigenvalue weighted by molar-refractivity contribution is -0.212.